The van der Waals surface area contributed by atoms with Crippen molar-refractivity contribution in [3.05, 3.63) is 0 Å². The van der Waals surface area contributed by atoms with Crippen molar-refractivity contribution >= 4 is 22.6 Å². The van der Waals surface area contributed by atoms with Gasteiger partial charge in [0.1, 0.15) is 0 Å². The highest BCUT2D eigenvalue weighted by Crippen LogP contribution is 2.42. The maximum Gasteiger partial charge on any atom is 0.159 e. The van der Waals surface area contributed by atoms with Crippen molar-refractivity contribution in [2.75, 3.05) is 13.2 Å². The molecule has 1 aliphatic carbocycles. The molecule has 2 fully saturated rings. The number of halogens is 1. The molecule has 1 spiro atoms. The van der Waals surface area contributed by atoms with E-state index in [0.29, 0.717) is 11.3 Å². The lowest BCUT2D eigenvalue weighted by Gasteiger charge is -2.44. The molecule has 0 unspecified atom stereocenters. The Bertz CT molecular complexity index is 200. The second-order valence-electron chi connectivity index (χ2n) is 5.41. The molecule has 2 aliphatic rings. The summed E-state index contributed by atoms with van der Waals surface area (Å²) in [4.78, 5) is 0. The van der Waals surface area contributed by atoms with E-state index in [0.717, 1.165) is 17.1 Å². The second-order valence-corrected chi connectivity index (χ2v) is 7.17. The predicted molar refractivity (Wildman–Crippen MR) is 69.2 cm³/mol. The summed E-state index contributed by atoms with van der Waals surface area (Å²) < 4.78 is 12.6. The molecule has 2 nitrogen and oxygen atoms in total. The van der Waals surface area contributed by atoms with Crippen molar-refractivity contribution in [2.45, 2.75) is 49.7 Å². The topological polar surface area (TPSA) is 18.5 Å². The summed E-state index contributed by atoms with van der Waals surface area (Å²) in [6, 6.07) is 0. The van der Waals surface area contributed by atoms with Gasteiger partial charge in [0, 0.05) is 15.3 Å². The van der Waals surface area contributed by atoms with Gasteiger partial charge in [0.05, 0.1) is 13.2 Å². The summed E-state index contributed by atoms with van der Waals surface area (Å²) in [6.07, 6.45) is 5.27. The normalized spacial score (nSPS) is 42.4. The predicted octanol–water partition coefficient (Wildman–Crippen LogP) is 3.38. The summed E-state index contributed by atoms with van der Waals surface area (Å²) in [5.74, 6) is 0.475. The monoisotopic (exact) mass is 324 g/mol. The van der Waals surface area contributed by atoms with Crippen LogP contribution in [0.2, 0.25) is 0 Å². The first-order valence-corrected chi connectivity index (χ1v) is 7.23. The zero-order chi connectivity index (χ0) is 10.9. The smallest absolute Gasteiger partial charge is 0.159 e. The van der Waals surface area contributed by atoms with Crippen molar-refractivity contribution in [2.24, 2.45) is 11.3 Å². The molecule has 15 heavy (non-hydrogen) atoms. The van der Waals surface area contributed by atoms with Gasteiger partial charge in [-0.05, 0) is 25.7 Å². The third-order valence-corrected chi connectivity index (χ3v) is 4.87. The number of alkyl halides is 1. The Hall–Kier alpha value is 0.650. The Morgan fingerprint density at radius 1 is 1.13 bits per heavy atom. The Morgan fingerprint density at radius 2 is 1.67 bits per heavy atom. The van der Waals surface area contributed by atoms with Crippen molar-refractivity contribution < 1.29 is 9.47 Å². The molecule has 0 bridgehead atoms. The Kier molecular flexibility index (Phi) is 3.94. The highest BCUT2D eigenvalue weighted by molar-refractivity contribution is 14.1. The molecule has 0 radical (unpaired) electrons. The molecule has 0 atom stereocenters. The van der Waals surface area contributed by atoms with Crippen molar-refractivity contribution in [1.82, 2.24) is 0 Å². The van der Waals surface area contributed by atoms with Gasteiger partial charge in [-0.1, -0.05) is 36.4 Å². The van der Waals surface area contributed by atoms with Crippen LogP contribution in [0.3, 0.4) is 0 Å². The molecule has 1 heterocycles. The third kappa shape index (κ3) is 2.86. The molecular weight excluding hydrogens is 303 g/mol. The van der Waals surface area contributed by atoms with Gasteiger partial charge >= 0.3 is 0 Å². The fourth-order valence-electron chi connectivity index (χ4n) is 2.48. The fraction of sp³-hybridized carbons (Fsp3) is 1.00. The first-order valence-electron chi connectivity index (χ1n) is 5.99. The summed E-state index contributed by atoms with van der Waals surface area (Å²) in [5, 5.41) is 0. The molecule has 0 aromatic rings. The molecule has 1 saturated heterocycles. The van der Waals surface area contributed by atoms with Crippen LogP contribution in [-0.4, -0.2) is 23.4 Å². The van der Waals surface area contributed by atoms with Gasteiger partial charge in [-0.3, -0.25) is 0 Å². The number of hydrogen-bond acceptors (Lipinski definition) is 2. The fourth-order valence-corrected chi connectivity index (χ4v) is 3.10. The van der Waals surface area contributed by atoms with Crippen LogP contribution in [0.1, 0.15) is 39.5 Å². The van der Waals surface area contributed by atoms with E-state index in [4.69, 9.17) is 9.47 Å². The first kappa shape index (κ1) is 12.1. The van der Waals surface area contributed by atoms with Crippen LogP contribution >= 0.6 is 22.6 Å². The van der Waals surface area contributed by atoms with Gasteiger partial charge in [-0.2, -0.15) is 0 Å². The molecule has 0 aromatic heterocycles. The maximum absolute atomic E-state index is 5.84. The van der Waals surface area contributed by atoms with Crippen LogP contribution in [0.4, 0.5) is 0 Å². The van der Waals surface area contributed by atoms with Gasteiger partial charge in [-0.25, -0.2) is 0 Å². The molecule has 2 rings (SSSR count). The molecule has 88 valence electrons. The van der Waals surface area contributed by atoms with Gasteiger partial charge < -0.3 is 9.47 Å². The number of ether oxygens (including phenoxy) is 2. The van der Waals surface area contributed by atoms with Crippen molar-refractivity contribution in [3.8, 4) is 0 Å². The van der Waals surface area contributed by atoms with Crippen LogP contribution in [0, 0.1) is 11.3 Å². The lowest BCUT2D eigenvalue weighted by molar-refractivity contribution is -0.250. The lowest BCUT2D eigenvalue weighted by Crippen LogP contribution is -2.45. The molecule has 0 N–H and O–H groups in total. The van der Waals surface area contributed by atoms with E-state index in [-0.39, 0.29) is 6.29 Å². The van der Waals surface area contributed by atoms with E-state index >= 15 is 0 Å². The van der Waals surface area contributed by atoms with Crippen molar-refractivity contribution in [3.63, 3.8) is 0 Å². The van der Waals surface area contributed by atoms with Crippen LogP contribution < -0.4 is 0 Å². The van der Waals surface area contributed by atoms with Crippen LogP contribution in [0.25, 0.3) is 0 Å². The van der Waals surface area contributed by atoms with E-state index in [2.05, 4.69) is 36.4 Å². The van der Waals surface area contributed by atoms with Crippen LogP contribution in [0.15, 0.2) is 0 Å². The molecule has 1 aliphatic heterocycles. The van der Waals surface area contributed by atoms with Gasteiger partial charge in [-0.15, -0.1) is 0 Å². The number of rotatable bonds is 1. The van der Waals surface area contributed by atoms with E-state index in [1.807, 2.05) is 0 Å². The van der Waals surface area contributed by atoms with Crippen molar-refractivity contribution in [1.29, 1.82) is 0 Å². The standard InChI is InChI=1S/C12H21IO2/c1-9(2)11-14-7-12(8-15-11)5-3-10(13)4-6-12/h9-11H,3-8H2,1-2H3. The first-order chi connectivity index (χ1) is 7.11. The SMILES string of the molecule is CC(C)C1OCC2(CCC(I)CC2)CO1. The van der Waals surface area contributed by atoms with E-state index in [1.54, 1.807) is 0 Å². The quantitative estimate of drug-likeness (QED) is 0.544. The van der Waals surface area contributed by atoms with E-state index < -0.39 is 0 Å². The van der Waals surface area contributed by atoms with E-state index in [9.17, 15) is 0 Å². The minimum absolute atomic E-state index is 0.0351. The zero-order valence-electron chi connectivity index (χ0n) is 9.67. The largest absolute Gasteiger partial charge is 0.352 e. The maximum atomic E-state index is 5.84. The Balaban J connectivity index is 1.86. The summed E-state index contributed by atoms with van der Waals surface area (Å²) in [5.41, 5.74) is 0.354. The minimum Gasteiger partial charge on any atom is -0.352 e. The minimum atomic E-state index is 0.0351. The average molecular weight is 324 g/mol. The number of hydrogen-bond donors (Lipinski definition) is 0. The second kappa shape index (κ2) is 4.88. The highest BCUT2D eigenvalue weighted by Gasteiger charge is 2.40. The summed E-state index contributed by atoms with van der Waals surface area (Å²) in [7, 11) is 0. The summed E-state index contributed by atoms with van der Waals surface area (Å²) >= 11 is 2.57. The Labute approximate surface area is 106 Å². The summed E-state index contributed by atoms with van der Waals surface area (Å²) in [6.45, 7) is 6.15. The molecular formula is C12H21IO2. The average Bonchev–Trinajstić information content (AvgIpc) is 2.24. The lowest BCUT2D eigenvalue weighted by atomic mass is 9.75. The Morgan fingerprint density at radius 3 is 2.13 bits per heavy atom. The molecule has 0 aromatic carbocycles. The van der Waals surface area contributed by atoms with Gasteiger partial charge in [0.25, 0.3) is 0 Å². The highest BCUT2D eigenvalue weighted by atomic mass is 127. The van der Waals surface area contributed by atoms with Crippen LogP contribution in [-0.2, 0) is 9.47 Å². The third-order valence-electron chi connectivity index (χ3n) is 3.63. The van der Waals surface area contributed by atoms with Gasteiger partial charge in [0.2, 0.25) is 0 Å². The van der Waals surface area contributed by atoms with E-state index in [1.165, 1.54) is 25.7 Å². The molecule has 3 heteroatoms. The molecule has 0 amide bonds. The molecule has 1 saturated carbocycles. The van der Waals surface area contributed by atoms with Crippen LogP contribution in [0.5, 0.6) is 0 Å². The zero-order valence-corrected chi connectivity index (χ0v) is 11.8. The van der Waals surface area contributed by atoms with Gasteiger partial charge in [0.15, 0.2) is 6.29 Å².